The highest BCUT2D eigenvalue weighted by Crippen LogP contribution is 2.41. The van der Waals surface area contributed by atoms with Gasteiger partial charge in [-0.15, -0.1) is 6.58 Å². The Labute approximate surface area is 159 Å². The van der Waals surface area contributed by atoms with Gasteiger partial charge in [-0.1, -0.05) is 37.6 Å². The fourth-order valence-electron chi connectivity index (χ4n) is 3.94. The molecular weight excluding hydrogens is 349 g/mol. The minimum atomic E-state index is -3.35. The van der Waals surface area contributed by atoms with E-state index in [0.717, 1.165) is 37.7 Å². The molecule has 1 saturated carbocycles. The van der Waals surface area contributed by atoms with Crippen molar-refractivity contribution in [3.63, 3.8) is 0 Å². The number of ether oxygens (including phenoxy) is 1. The number of fused-ring (bicyclic) bond motifs is 1. The first-order valence-electron chi connectivity index (χ1n) is 9.83. The van der Waals surface area contributed by atoms with Crippen molar-refractivity contribution >= 4 is 10.8 Å². The molecule has 0 bridgehead atoms. The van der Waals surface area contributed by atoms with Gasteiger partial charge in [0.25, 0.3) is 0 Å². The molecule has 0 spiro atoms. The predicted octanol–water partition coefficient (Wildman–Crippen LogP) is 7.29. The van der Waals surface area contributed by atoms with E-state index >= 15 is 0 Å². The van der Waals surface area contributed by atoms with Gasteiger partial charge in [0, 0.05) is 0 Å². The van der Waals surface area contributed by atoms with Crippen molar-refractivity contribution in [2.45, 2.75) is 58.0 Å². The lowest BCUT2D eigenvalue weighted by molar-refractivity contribution is -0.224. The normalized spacial score (nSPS) is 20.6. The van der Waals surface area contributed by atoms with E-state index in [-0.39, 0.29) is 5.75 Å². The van der Waals surface area contributed by atoms with Crippen molar-refractivity contribution in [2.24, 2.45) is 11.8 Å². The summed E-state index contributed by atoms with van der Waals surface area (Å²) in [5.74, 6) is -1.45. The minimum Gasteiger partial charge on any atom is -0.429 e. The number of allylic oxidation sites excluding steroid dienone is 1. The van der Waals surface area contributed by atoms with E-state index in [9.17, 15) is 13.2 Å². The van der Waals surface area contributed by atoms with E-state index in [2.05, 4.69) is 13.5 Å². The van der Waals surface area contributed by atoms with Crippen LogP contribution >= 0.6 is 0 Å². The Kier molecular flexibility index (Phi) is 6.13. The fraction of sp³-hybridized carbons (Fsp3) is 0.478. The van der Waals surface area contributed by atoms with E-state index < -0.39 is 17.8 Å². The standard InChI is InChI=1S/C23H27F3O/c1-3-5-6-17-7-10-18-15-22(21(24)14-19(18)13-17)27-23(25,26)20-11-8-16(4-2)9-12-20/h3,7,10,13-16,20H,1,4-6,8-9,11-12H2,2H3. The lowest BCUT2D eigenvalue weighted by atomic mass is 9.80. The second kappa shape index (κ2) is 8.37. The number of alkyl halides is 2. The smallest absolute Gasteiger partial charge is 0.400 e. The molecule has 146 valence electrons. The van der Waals surface area contributed by atoms with Gasteiger partial charge in [-0.3, -0.25) is 0 Å². The molecule has 2 aromatic rings. The Morgan fingerprint density at radius 1 is 1.11 bits per heavy atom. The van der Waals surface area contributed by atoms with Crippen molar-refractivity contribution in [3.8, 4) is 5.75 Å². The quantitative estimate of drug-likeness (QED) is 0.461. The van der Waals surface area contributed by atoms with Crippen LogP contribution in [-0.2, 0) is 6.42 Å². The van der Waals surface area contributed by atoms with Gasteiger partial charge >= 0.3 is 6.11 Å². The van der Waals surface area contributed by atoms with Crippen molar-refractivity contribution < 1.29 is 17.9 Å². The SMILES string of the molecule is C=CCCc1ccc2cc(OC(F)(F)C3CCC(CC)CC3)c(F)cc2c1. The Balaban J connectivity index is 1.77. The fourth-order valence-corrected chi connectivity index (χ4v) is 3.94. The molecule has 0 amide bonds. The summed E-state index contributed by atoms with van der Waals surface area (Å²) in [5, 5.41) is 1.38. The third-order valence-corrected chi connectivity index (χ3v) is 5.74. The summed E-state index contributed by atoms with van der Waals surface area (Å²) >= 11 is 0. The lowest BCUT2D eigenvalue weighted by Gasteiger charge is -2.33. The Hall–Kier alpha value is -1.97. The van der Waals surface area contributed by atoms with Gasteiger partial charge in [0.2, 0.25) is 0 Å². The summed E-state index contributed by atoms with van der Waals surface area (Å²) in [6.07, 6.45) is 3.57. The molecule has 1 aliphatic rings. The number of aryl methyl sites for hydroxylation is 1. The highest BCUT2D eigenvalue weighted by Gasteiger charge is 2.44. The van der Waals surface area contributed by atoms with Crippen LogP contribution < -0.4 is 4.74 Å². The number of rotatable bonds is 7. The highest BCUT2D eigenvalue weighted by atomic mass is 19.3. The summed E-state index contributed by atoms with van der Waals surface area (Å²) in [4.78, 5) is 0. The topological polar surface area (TPSA) is 9.23 Å². The number of hydrogen-bond donors (Lipinski definition) is 0. The average molecular weight is 376 g/mol. The largest absolute Gasteiger partial charge is 0.429 e. The first kappa shape index (κ1) is 19.8. The molecule has 2 aromatic carbocycles. The molecule has 3 rings (SSSR count). The predicted molar refractivity (Wildman–Crippen MR) is 104 cm³/mol. The van der Waals surface area contributed by atoms with Crippen molar-refractivity contribution in [3.05, 3.63) is 54.4 Å². The lowest BCUT2D eigenvalue weighted by Crippen LogP contribution is -2.37. The van der Waals surface area contributed by atoms with Gasteiger partial charge in [0.15, 0.2) is 11.6 Å². The maximum Gasteiger partial charge on any atom is 0.400 e. The summed E-state index contributed by atoms with van der Waals surface area (Å²) in [6.45, 7) is 5.79. The molecule has 0 aliphatic heterocycles. The van der Waals surface area contributed by atoms with Crippen LogP contribution in [0.3, 0.4) is 0 Å². The molecule has 4 heteroatoms. The minimum absolute atomic E-state index is 0.371. The van der Waals surface area contributed by atoms with Gasteiger partial charge < -0.3 is 4.74 Å². The summed E-state index contributed by atoms with van der Waals surface area (Å²) in [5.41, 5.74) is 1.06. The molecule has 0 heterocycles. The number of hydrogen-bond acceptors (Lipinski definition) is 1. The van der Waals surface area contributed by atoms with Crippen LogP contribution in [0.5, 0.6) is 5.75 Å². The first-order chi connectivity index (χ1) is 12.9. The van der Waals surface area contributed by atoms with Gasteiger partial charge in [-0.2, -0.15) is 8.78 Å². The van der Waals surface area contributed by atoms with Gasteiger partial charge in [-0.25, -0.2) is 4.39 Å². The van der Waals surface area contributed by atoms with Crippen LogP contribution in [0.15, 0.2) is 43.0 Å². The second-order valence-corrected chi connectivity index (χ2v) is 7.58. The van der Waals surface area contributed by atoms with E-state index in [1.165, 1.54) is 12.1 Å². The van der Waals surface area contributed by atoms with Crippen LogP contribution in [0, 0.1) is 17.7 Å². The van der Waals surface area contributed by atoms with Crippen LogP contribution in [0.4, 0.5) is 13.2 Å². The molecule has 1 fully saturated rings. The number of benzene rings is 2. The zero-order valence-electron chi connectivity index (χ0n) is 15.8. The molecule has 0 N–H and O–H groups in total. The van der Waals surface area contributed by atoms with Crippen LogP contribution in [0.25, 0.3) is 10.8 Å². The van der Waals surface area contributed by atoms with Crippen molar-refractivity contribution in [1.29, 1.82) is 0 Å². The van der Waals surface area contributed by atoms with Crippen molar-refractivity contribution in [2.75, 3.05) is 0 Å². The monoisotopic (exact) mass is 376 g/mol. The van der Waals surface area contributed by atoms with Crippen LogP contribution in [0.1, 0.15) is 51.0 Å². The van der Waals surface area contributed by atoms with Crippen LogP contribution in [-0.4, -0.2) is 6.11 Å². The van der Waals surface area contributed by atoms with Gasteiger partial charge in [0.05, 0.1) is 5.92 Å². The second-order valence-electron chi connectivity index (χ2n) is 7.58. The molecule has 0 saturated heterocycles. The van der Waals surface area contributed by atoms with Crippen LogP contribution in [0.2, 0.25) is 0 Å². The highest BCUT2D eigenvalue weighted by molar-refractivity contribution is 5.84. The zero-order chi connectivity index (χ0) is 19.4. The molecular formula is C23H27F3O. The summed E-state index contributed by atoms with van der Waals surface area (Å²) < 4.78 is 48.6. The Morgan fingerprint density at radius 2 is 1.85 bits per heavy atom. The van der Waals surface area contributed by atoms with E-state index in [0.29, 0.717) is 29.5 Å². The molecule has 0 radical (unpaired) electrons. The molecule has 27 heavy (non-hydrogen) atoms. The molecule has 1 aliphatic carbocycles. The third kappa shape index (κ3) is 4.66. The maximum atomic E-state index is 14.6. The Bertz CT molecular complexity index is 792. The molecule has 1 nitrogen and oxygen atoms in total. The zero-order valence-corrected chi connectivity index (χ0v) is 15.8. The van der Waals surface area contributed by atoms with Gasteiger partial charge in [-0.05, 0) is 72.9 Å². The average Bonchev–Trinajstić information content (AvgIpc) is 2.66. The van der Waals surface area contributed by atoms with E-state index in [4.69, 9.17) is 4.74 Å². The first-order valence-corrected chi connectivity index (χ1v) is 9.83. The van der Waals surface area contributed by atoms with E-state index in [1.807, 2.05) is 24.3 Å². The summed E-state index contributed by atoms with van der Waals surface area (Å²) in [7, 11) is 0. The summed E-state index contributed by atoms with van der Waals surface area (Å²) in [6, 6.07) is 8.30. The Morgan fingerprint density at radius 3 is 2.52 bits per heavy atom. The maximum absolute atomic E-state index is 14.6. The third-order valence-electron chi connectivity index (χ3n) is 5.74. The molecule has 0 aromatic heterocycles. The number of halogens is 3. The van der Waals surface area contributed by atoms with Gasteiger partial charge in [0.1, 0.15) is 0 Å². The molecule has 0 unspecified atom stereocenters. The van der Waals surface area contributed by atoms with E-state index in [1.54, 1.807) is 0 Å². The molecule has 0 atom stereocenters. The van der Waals surface area contributed by atoms with Crippen molar-refractivity contribution in [1.82, 2.24) is 0 Å².